The van der Waals surface area contributed by atoms with Gasteiger partial charge in [0, 0.05) is 47.9 Å². The minimum atomic E-state index is -1.05. The summed E-state index contributed by atoms with van der Waals surface area (Å²) in [5.41, 5.74) is 8.67. The molecule has 3 atom stereocenters. The van der Waals surface area contributed by atoms with Crippen molar-refractivity contribution in [1.82, 2.24) is 20.5 Å². The van der Waals surface area contributed by atoms with E-state index in [4.69, 9.17) is 10.5 Å². The molecule has 3 unspecified atom stereocenters. The lowest BCUT2D eigenvalue weighted by atomic mass is 10.0. The van der Waals surface area contributed by atoms with Crippen molar-refractivity contribution in [3.8, 4) is 5.75 Å². The van der Waals surface area contributed by atoms with Crippen molar-refractivity contribution in [2.24, 2.45) is 5.73 Å². The molecular weight excluding hydrogens is 512 g/mol. The molecule has 2 heterocycles. The van der Waals surface area contributed by atoms with Gasteiger partial charge in [-0.3, -0.25) is 14.4 Å². The Kier molecular flexibility index (Phi) is 8.73. The Bertz CT molecular complexity index is 1440. The van der Waals surface area contributed by atoms with Crippen LogP contribution in [0.4, 0.5) is 10.5 Å². The number of urea groups is 1. The Balaban J connectivity index is 1.53. The van der Waals surface area contributed by atoms with Crippen molar-refractivity contribution in [3.63, 3.8) is 0 Å². The maximum atomic E-state index is 13.7. The summed E-state index contributed by atoms with van der Waals surface area (Å²) in [5, 5.41) is 9.20. The lowest BCUT2D eigenvalue weighted by molar-refractivity contribution is -0.137. The molecule has 1 saturated heterocycles. The molecule has 0 saturated carbocycles. The standard InChI is InChI=1S/C29H34N6O5/c1-17(2)13-25(36)35-12-11-23(34-29(39)32-19-7-6-8-20(15-19)40-3)26(35)28(38)33-24(27(30)37)14-18-16-31-22-10-5-4-9-21(18)22/h4-10,13,15-16,23-24,26,31H,11-12,14H2,1-3H3,(H2,30,37)(H,33,38)(H2,32,34,39). The predicted octanol–water partition coefficient (Wildman–Crippen LogP) is 2.45. The summed E-state index contributed by atoms with van der Waals surface area (Å²) < 4.78 is 5.19. The number of para-hydroxylation sites is 1. The molecule has 11 nitrogen and oxygen atoms in total. The number of ether oxygens (including phenoxy) is 1. The summed E-state index contributed by atoms with van der Waals surface area (Å²) in [4.78, 5) is 56.5. The first-order valence-corrected chi connectivity index (χ1v) is 13.0. The third-order valence-electron chi connectivity index (χ3n) is 6.76. The molecule has 1 aromatic heterocycles. The zero-order valence-corrected chi connectivity index (χ0v) is 22.7. The van der Waals surface area contributed by atoms with Crippen LogP contribution in [0.15, 0.2) is 66.4 Å². The number of nitrogens with one attached hydrogen (secondary N) is 4. The van der Waals surface area contributed by atoms with E-state index in [1.807, 2.05) is 24.3 Å². The highest BCUT2D eigenvalue weighted by atomic mass is 16.5. The molecule has 3 aromatic rings. The lowest BCUT2D eigenvalue weighted by Gasteiger charge is -2.28. The van der Waals surface area contributed by atoms with Crippen molar-refractivity contribution < 1.29 is 23.9 Å². The molecule has 5 amide bonds. The minimum Gasteiger partial charge on any atom is -0.497 e. The van der Waals surface area contributed by atoms with E-state index in [0.29, 0.717) is 17.9 Å². The minimum absolute atomic E-state index is 0.161. The second-order valence-electron chi connectivity index (χ2n) is 9.95. The molecular formula is C29H34N6O5. The molecule has 6 N–H and O–H groups in total. The number of amides is 5. The smallest absolute Gasteiger partial charge is 0.319 e. The molecule has 0 bridgehead atoms. The fraction of sp³-hybridized carbons (Fsp3) is 0.310. The summed E-state index contributed by atoms with van der Waals surface area (Å²) in [7, 11) is 1.52. The molecule has 1 fully saturated rings. The molecule has 2 aromatic carbocycles. The monoisotopic (exact) mass is 546 g/mol. The Hall–Kier alpha value is -4.80. The molecule has 210 valence electrons. The summed E-state index contributed by atoms with van der Waals surface area (Å²) in [6.07, 6.45) is 3.72. The number of aromatic amines is 1. The van der Waals surface area contributed by atoms with Crippen LogP contribution in [0.5, 0.6) is 5.75 Å². The largest absolute Gasteiger partial charge is 0.497 e. The number of carbonyl (C=O) groups excluding carboxylic acids is 4. The second kappa shape index (κ2) is 12.4. The quantitative estimate of drug-likeness (QED) is 0.260. The number of hydrogen-bond acceptors (Lipinski definition) is 5. The maximum absolute atomic E-state index is 13.7. The number of primary amides is 1. The van der Waals surface area contributed by atoms with E-state index in [2.05, 4.69) is 20.9 Å². The number of aromatic nitrogens is 1. The van der Waals surface area contributed by atoms with Gasteiger partial charge in [0.15, 0.2) is 0 Å². The van der Waals surface area contributed by atoms with E-state index >= 15 is 0 Å². The summed E-state index contributed by atoms with van der Waals surface area (Å²) in [6, 6.07) is 11.1. The average molecular weight is 547 g/mol. The van der Waals surface area contributed by atoms with E-state index in [-0.39, 0.29) is 18.9 Å². The SMILES string of the molecule is COc1cccc(NC(=O)NC2CCN(C(=O)C=C(C)C)C2C(=O)NC(Cc2c[nH]c3ccccc23)C(N)=O)c1. The molecule has 0 radical (unpaired) electrons. The number of carbonyl (C=O) groups is 4. The first kappa shape index (κ1) is 28.2. The van der Waals surface area contributed by atoms with Crippen molar-refractivity contribution in [2.75, 3.05) is 19.0 Å². The third-order valence-corrected chi connectivity index (χ3v) is 6.76. The number of likely N-dealkylation sites (tertiary alicyclic amines) is 1. The van der Waals surface area contributed by atoms with Gasteiger partial charge < -0.3 is 36.3 Å². The Morgan fingerprint density at radius 3 is 2.65 bits per heavy atom. The zero-order valence-electron chi connectivity index (χ0n) is 22.7. The van der Waals surface area contributed by atoms with E-state index in [1.54, 1.807) is 44.3 Å². The summed E-state index contributed by atoms with van der Waals surface area (Å²) in [6.45, 7) is 3.81. The first-order chi connectivity index (χ1) is 19.2. The second-order valence-corrected chi connectivity index (χ2v) is 9.95. The Labute approximate surface area is 232 Å². The van der Waals surface area contributed by atoms with E-state index in [1.165, 1.54) is 18.1 Å². The van der Waals surface area contributed by atoms with Crippen LogP contribution in [0.1, 0.15) is 25.8 Å². The van der Waals surface area contributed by atoms with Crippen LogP contribution in [0, 0.1) is 0 Å². The van der Waals surface area contributed by atoms with E-state index < -0.39 is 36.0 Å². The number of fused-ring (bicyclic) bond motifs is 1. The van der Waals surface area contributed by atoms with Crippen LogP contribution < -0.4 is 26.4 Å². The predicted molar refractivity (Wildman–Crippen MR) is 152 cm³/mol. The number of rotatable bonds is 9. The zero-order chi connectivity index (χ0) is 28.8. The van der Waals surface area contributed by atoms with Crippen molar-refractivity contribution >= 4 is 40.3 Å². The maximum Gasteiger partial charge on any atom is 0.319 e. The number of nitrogens with two attached hydrogens (primary N) is 1. The van der Waals surface area contributed by atoms with Gasteiger partial charge >= 0.3 is 6.03 Å². The van der Waals surface area contributed by atoms with Gasteiger partial charge in [-0.05, 0) is 44.0 Å². The van der Waals surface area contributed by atoms with Crippen LogP contribution in [0.25, 0.3) is 10.9 Å². The van der Waals surface area contributed by atoms with Gasteiger partial charge in [-0.1, -0.05) is 29.8 Å². The molecule has 0 spiro atoms. The number of anilines is 1. The summed E-state index contributed by atoms with van der Waals surface area (Å²) >= 11 is 0. The molecule has 1 aliphatic rings. The van der Waals surface area contributed by atoms with Crippen LogP contribution in [0.2, 0.25) is 0 Å². The third kappa shape index (κ3) is 6.60. The van der Waals surface area contributed by atoms with Crippen molar-refractivity contribution in [3.05, 3.63) is 71.9 Å². The van der Waals surface area contributed by atoms with E-state index in [9.17, 15) is 19.2 Å². The molecule has 1 aliphatic heterocycles. The average Bonchev–Trinajstić information content (AvgIpc) is 3.52. The highest BCUT2D eigenvalue weighted by molar-refractivity contribution is 5.97. The number of H-pyrrole nitrogens is 1. The number of methoxy groups -OCH3 is 1. The van der Waals surface area contributed by atoms with Gasteiger partial charge in [-0.25, -0.2) is 4.79 Å². The van der Waals surface area contributed by atoms with Gasteiger partial charge in [0.2, 0.25) is 17.7 Å². The van der Waals surface area contributed by atoms with Crippen LogP contribution in [0.3, 0.4) is 0 Å². The number of hydrogen-bond donors (Lipinski definition) is 5. The van der Waals surface area contributed by atoms with Gasteiger partial charge in [-0.15, -0.1) is 0 Å². The van der Waals surface area contributed by atoms with Gasteiger partial charge in [0.05, 0.1) is 13.2 Å². The Morgan fingerprint density at radius 1 is 1.15 bits per heavy atom. The van der Waals surface area contributed by atoms with Crippen LogP contribution in [-0.2, 0) is 20.8 Å². The van der Waals surface area contributed by atoms with Crippen molar-refractivity contribution in [1.29, 1.82) is 0 Å². The fourth-order valence-corrected chi connectivity index (χ4v) is 4.88. The number of nitrogens with zero attached hydrogens (tertiary/aromatic N) is 1. The van der Waals surface area contributed by atoms with Gasteiger partial charge in [0.1, 0.15) is 17.8 Å². The molecule has 0 aliphatic carbocycles. The fourth-order valence-electron chi connectivity index (χ4n) is 4.88. The summed E-state index contributed by atoms with van der Waals surface area (Å²) in [5.74, 6) is -1.07. The highest BCUT2D eigenvalue weighted by Gasteiger charge is 2.43. The lowest BCUT2D eigenvalue weighted by Crippen LogP contribution is -2.58. The Morgan fingerprint density at radius 2 is 1.93 bits per heavy atom. The first-order valence-electron chi connectivity index (χ1n) is 13.0. The van der Waals surface area contributed by atoms with Crippen LogP contribution in [-0.4, -0.2) is 65.4 Å². The van der Waals surface area contributed by atoms with Gasteiger partial charge in [0.25, 0.3) is 0 Å². The van der Waals surface area contributed by atoms with E-state index in [0.717, 1.165) is 22.0 Å². The number of benzene rings is 2. The van der Waals surface area contributed by atoms with Crippen LogP contribution >= 0.6 is 0 Å². The van der Waals surface area contributed by atoms with Gasteiger partial charge in [-0.2, -0.15) is 0 Å². The normalized spacial score (nSPS) is 17.1. The number of allylic oxidation sites excluding steroid dienone is 1. The topological polar surface area (TPSA) is 159 Å². The molecule has 4 rings (SSSR count). The highest BCUT2D eigenvalue weighted by Crippen LogP contribution is 2.23. The molecule has 40 heavy (non-hydrogen) atoms. The van der Waals surface area contributed by atoms with Crippen molar-refractivity contribution in [2.45, 2.75) is 44.8 Å². The molecule has 11 heteroatoms.